The van der Waals surface area contributed by atoms with Crippen molar-refractivity contribution in [3.63, 3.8) is 0 Å². The van der Waals surface area contributed by atoms with Crippen molar-refractivity contribution in [1.29, 1.82) is 0 Å². The van der Waals surface area contributed by atoms with E-state index < -0.39 is 5.97 Å². The molecule has 1 unspecified atom stereocenters. The van der Waals surface area contributed by atoms with Gasteiger partial charge in [-0.15, -0.1) is 0 Å². The van der Waals surface area contributed by atoms with Crippen LogP contribution in [0.15, 0.2) is 30.5 Å². The fraction of sp³-hybridized carbons (Fsp3) is 0.375. The predicted octanol–water partition coefficient (Wildman–Crippen LogP) is 2.54. The molecule has 2 aromatic rings. The van der Waals surface area contributed by atoms with E-state index in [0.29, 0.717) is 6.54 Å². The van der Waals surface area contributed by atoms with Crippen LogP contribution in [-0.2, 0) is 4.79 Å². The standard InChI is InChI=1S/C16H18N2O3/c1-21-13-4-5-14-11(9-13)6-7-17-15(14)18-8-2-3-12(10-18)16(19)20/h4-7,9,12H,2-3,8,10H2,1H3,(H,19,20). The molecule has 0 bridgehead atoms. The SMILES string of the molecule is COc1ccc2c(N3CCCC(C(=O)O)C3)nccc2c1. The number of rotatable bonds is 3. The fourth-order valence-corrected chi connectivity index (χ4v) is 2.89. The van der Waals surface area contributed by atoms with Crippen LogP contribution in [-0.4, -0.2) is 36.3 Å². The van der Waals surface area contributed by atoms with Crippen molar-refractivity contribution in [1.82, 2.24) is 4.98 Å². The van der Waals surface area contributed by atoms with E-state index in [4.69, 9.17) is 4.74 Å². The number of methoxy groups -OCH3 is 1. The first-order valence-electron chi connectivity index (χ1n) is 7.09. The number of carbonyl (C=O) groups is 1. The number of piperidine rings is 1. The summed E-state index contributed by atoms with van der Waals surface area (Å²) in [6.07, 6.45) is 3.39. The number of ether oxygens (including phenoxy) is 1. The molecule has 1 aromatic carbocycles. The lowest BCUT2D eigenvalue weighted by Crippen LogP contribution is -2.39. The number of aromatic nitrogens is 1. The molecule has 1 N–H and O–H groups in total. The summed E-state index contributed by atoms with van der Waals surface area (Å²) in [6, 6.07) is 7.81. The maximum atomic E-state index is 11.2. The molecule has 2 heterocycles. The predicted molar refractivity (Wildman–Crippen MR) is 80.9 cm³/mol. The Morgan fingerprint density at radius 2 is 2.29 bits per heavy atom. The first kappa shape index (κ1) is 13.7. The molecule has 5 heteroatoms. The van der Waals surface area contributed by atoms with Crippen molar-refractivity contribution in [2.75, 3.05) is 25.1 Å². The summed E-state index contributed by atoms with van der Waals surface area (Å²) in [5, 5.41) is 11.3. The van der Waals surface area contributed by atoms with Gasteiger partial charge in [0.25, 0.3) is 0 Å². The van der Waals surface area contributed by atoms with Crippen LogP contribution in [0.3, 0.4) is 0 Å². The highest BCUT2D eigenvalue weighted by Gasteiger charge is 2.26. The van der Waals surface area contributed by atoms with Gasteiger partial charge in [-0.25, -0.2) is 4.98 Å². The van der Waals surface area contributed by atoms with Gasteiger partial charge in [-0.3, -0.25) is 4.79 Å². The molecule has 0 radical (unpaired) electrons. The van der Waals surface area contributed by atoms with E-state index in [1.54, 1.807) is 13.3 Å². The molecule has 0 aliphatic carbocycles. The minimum absolute atomic E-state index is 0.311. The second-order valence-electron chi connectivity index (χ2n) is 5.35. The number of pyridine rings is 1. The maximum absolute atomic E-state index is 11.2. The number of hydrogen-bond acceptors (Lipinski definition) is 4. The van der Waals surface area contributed by atoms with E-state index in [0.717, 1.165) is 41.7 Å². The highest BCUT2D eigenvalue weighted by Crippen LogP contribution is 2.30. The molecule has 1 aromatic heterocycles. The van der Waals surface area contributed by atoms with Gasteiger partial charge in [-0.1, -0.05) is 0 Å². The third kappa shape index (κ3) is 2.63. The molecule has 1 aliphatic heterocycles. The zero-order chi connectivity index (χ0) is 14.8. The van der Waals surface area contributed by atoms with Crippen LogP contribution in [0.4, 0.5) is 5.82 Å². The lowest BCUT2D eigenvalue weighted by Gasteiger charge is -2.32. The molecular weight excluding hydrogens is 268 g/mol. The highest BCUT2D eigenvalue weighted by molar-refractivity contribution is 5.93. The first-order valence-corrected chi connectivity index (χ1v) is 7.09. The second-order valence-corrected chi connectivity index (χ2v) is 5.35. The molecule has 21 heavy (non-hydrogen) atoms. The maximum Gasteiger partial charge on any atom is 0.308 e. The Morgan fingerprint density at radius 3 is 3.05 bits per heavy atom. The average molecular weight is 286 g/mol. The quantitative estimate of drug-likeness (QED) is 0.939. The number of aliphatic carboxylic acids is 1. The molecule has 5 nitrogen and oxygen atoms in total. The highest BCUT2D eigenvalue weighted by atomic mass is 16.5. The van der Waals surface area contributed by atoms with Crippen molar-refractivity contribution in [3.8, 4) is 5.75 Å². The summed E-state index contributed by atoms with van der Waals surface area (Å²) in [7, 11) is 1.64. The normalized spacial score (nSPS) is 18.7. The van der Waals surface area contributed by atoms with E-state index >= 15 is 0 Å². The lowest BCUT2D eigenvalue weighted by molar-refractivity contribution is -0.141. The zero-order valence-electron chi connectivity index (χ0n) is 12.0. The van der Waals surface area contributed by atoms with Crippen molar-refractivity contribution in [2.24, 2.45) is 5.92 Å². The van der Waals surface area contributed by atoms with Crippen LogP contribution in [0, 0.1) is 5.92 Å². The van der Waals surface area contributed by atoms with Crippen LogP contribution >= 0.6 is 0 Å². The minimum atomic E-state index is -0.721. The number of fused-ring (bicyclic) bond motifs is 1. The van der Waals surface area contributed by atoms with Crippen LogP contribution in [0.5, 0.6) is 5.75 Å². The summed E-state index contributed by atoms with van der Waals surface area (Å²) >= 11 is 0. The minimum Gasteiger partial charge on any atom is -0.497 e. The third-order valence-corrected chi connectivity index (χ3v) is 4.02. The number of nitrogens with zero attached hydrogens (tertiary/aromatic N) is 2. The third-order valence-electron chi connectivity index (χ3n) is 4.02. The Balaban J connectivity index is 1.98. The largest absolute Gasteiger partial charge is 0.497 e. The molecule has 1 atom stereocenters. The van der Waals surface area contributed by atoms with Crippen LogP contribution in [0.1, 0.15) is 12.8 Å². The molecule has 1 saturated heterocycles. The summed E-state index contributed by atoms with van der Waals surface area (Å²) in [5.41, 5.74) is 0. The summed E-state index contributed by atoms with van der Waals surface area (Å²) in [6.45, 7) is 1.37. The monoisotopic (exact) mass is 286 g/mol. The van der Waals surface area contributed by atoms with Gasteiger partial charge in [0.2, 0.25) is 0 Å². The molecular formula is C16H18N2O3. The number of carboxylic acid groups (broad SMARTS) is 1. The van der Waals surface area contributed by atoms with Crippen molar-refractivity contribution < 1.29 is 14.6 Å². The van der Waals surface area contributed by atoms with E-state index in [1.807, 2.05) is 24.3 Å². The van der Waals surface area contributed by atoms with Crippen LogP contribution < -0.4 is 9.64 Å². The summed E-state index contributed by atoms with van der Waals surface area (Å²) < 4.78 is 5.24. The number of carboxylic acids is 1. The Kier molecular flexibility index (Phi) is 3.64. The molecule has 0 spiro atoms. The van der Waals surface area contributed by atoms with E-state index in [9.17, 15) is 9.90 Å². The zero-order valence-corrected chi connectivity index (χ0v) is 12.0. The Hall–Kier alpha value is -2.30. The van der Waals surface area contributed by atoms with Gasteiger partial charge >= 0.3 is 5.97 Å². The fourth-order valence-electron chi connectivity index (χ4n) is 2.89. The van der Waals surface area contributed by atoms with E-state index in [2.05, 4.69) is 9.88 Å². The van der Waals surface area contributed by atoms with Gasteiger partial charge in [0.15, 0.2) is 0 Å². The molecule has 3 rings (SSSR count). The molecule has 1 aliphatic rings. The van der Waals surface area contributed by atoms with Gasteiger partial charge in [0.05, 0.1) is 13.0 Å². The molecule has 1 fully saturated rings. The Labute approximate surface area is 123 Å². The topological polar surface area (TPSA) is 62.7 Å². The molecule has 0 saturated carbocycles. The Bertz CT molecular complexity index is 672. The van der Waals surface area contributed by atoms with Gasteiger partial charge in [-0.2, -0.15) is 0 Å². The lowest BCUT2D eigenvalue weighted by atomic mass is 9.98. The van der Waals surface area contributed by atoms with Crippen molar-refractivity contribution in [2.45, 2.75) is 12.8 Å². The van der Waals surface area contributed by atoms with Gasteiger partial charge in [-0.05, 0) is 42.5 Å². The molecule has 0 amide bonds. The summed E-state index contributed by atoms with van der Waals surface area (Å²) in [5.74, 6) is 0.637. The molecule has 110 valence electrons. The van der Waals surface area contributed by atoms with Crippen LogP contribution in [0.2, 0.25) is 0 Å². The van der Waals surface area contributed by atoms with Crippen molar-refractivity contribution in [3.05, 3.63) is 30.5 Å². The Morgan fingerprint density at radius 1 is 1.43 bits per heavy atom. The number of benzene rings is 1. The van der Waals surface area contributed by atoms with Gasteiger partial charge in [0.1, 0.15) is 11.6 Å². The average Bonchev–Trinajstić information content (AvgIpc) is 2.53. The van der Waals surface area contributed by atoms with Crippen LogP contribution in [0.25, 0.3) is 10.8 Å². The van der Waals surface area contributed by atoms with Gasteiger partial charge in [0, 0.05) is 24.7 Å². The van der Waals surface area contributed by atoms with Gasteiger partial charge < -0.3 is 14.7 Å². The van der Waals surface area contributed by atoms with E-state index in [-0.39, 0.29) is 5.92 Å². The first-order chi connectivity index (χ1) is 10.2. The number of hydrogen-bond donors (Lipinski definition) is 1. The smallest absolute Gasteiger partial charge is 0.308 e. The van der Waals surface area contributed by atoms with Crippen molar-refractivity contribution >= 4 is 22.6 Å². The number of anilines is 1. The van der Waals surface area contributed by atoms with E-state index in [1.165, 1.54) is 0 Å². The second kappa shape index (κ2) is 5.60. The summed E-state index contributed by atoms with van der Waals surface area (Å²) in [4.78, 5) is 17.8.